The molecular formula is C17H21NO2. The summed E-state index contributed by atoms with van der Waals surface area (Å²) in [6, 6.07) is 11.8. The molecule has 3 heteroatoms. The molecule has 0 aliphatic heterocycles. The van der Waals surface area contributed by atoms with E-state index in [-0.39, 0.29) is 11.9 Å². The third-order valence-electron chi connectivity index (χ3n) is 3.41. The van der Waals surface area contributed by atoms with Crippen LogP contribution >= 0.6 is 0 Å². The molecule has 0 bridgehead atoms. The number of nitrogens with one attached hydrogen (secondary N) is 1. The van der Waals surface area contributed by atoms with Crippen LogP contribution in [0.4, 0.5) is 0 Å². The summed E-state index contributed by atoms with van der Waals surface area (Å²) in [5, 5.41) is 2.94. The number of rotatable bonds is 4. The number of amides is 1. The quantitative estimate of drug-likeness (QED) is 0.905. The molecule has 0 aliphatic carbocycles. The van der Waals surface area contributed by atoms with E-state index in [4.69, 9.17) is 4.42 Å². The monoisotopic (exact) mass is 271 g/mol. The molecule has 0 spiro atoms. The fraction of sp³-hybridized carbons (Fsp3) is 0.353. The van der Waals surface area contributed by atoms with Crippen molar-refractivity contribution in [2.45, 2.75) is 39.7 Å². The van der Waals surface area contributed by atoms with Crippen LogP contribution in [0.3, 0.4) is 0 Å². The van der Waals surface area contributed by atoms with Crippen molar-refractivity contribution in [3.8, 4) is 0 Å². The molecule has 2 aromatic rings. The van der Waals surface area contributed by atoms with Gasteiger partial charge >= 0.3 is 0 Å². The topological polar surface area (TPSA) is 42.2 Å². The zero-order valence-electron chi connectivity index (χ0n) is 12.4. The van der Waals surface area contributed by atoms with Crippen molar-refractivity contribution in [3.05, 3.63) is 59.0 Å². The first-order valence-corrected chi connectivity index (χ1v) is 6.94. The van der Waals surface area contributed by atoms with E-state index in [9.17, 15) is 4.79 Å². The molecule has 106 valence electrons. The van der Waals surface area contributed by atoms with Crippen LogP contribution in [-0.4, -0.2) is 5.91 Å². The Balaban J connectivity index is 2.04. The van der Waals surface area contributed by atoms with Gasteiger partial charge in [0.2, 0.25) is 0 Å². The average Bonchev–Trinajstić information content (AvgIpc) is 2.85. The molecule has 0 radical (unpaired) electrons. The first-order valence-electron chi connectivity index (χ1n) is 6.94. The Morgan fingerprint density at radius 1 is 1.00 bits per heavy atom. The second-order valence-corrected chi connectivity index (χ2v) is 5.43. The minimum Gasteiger partial charge on any atom is -0.456 e. The molecule has 1 amide bonds. The number of hydrogen-bond donors (Lipinski definition) is 1. The van der Waals surface area contributed by atoms with E-state index < -0.39 is 0 Å². The van der Waals surface area contributed by atoms with Gasteiger partial charge in [0.25, 0.3) is 5.91 Å². The first kappa shape index (κ1) is 14.4. The smallest absolute Gasteiger partial charge is 0.287 e. The highest BCUT2D eigenvalue weighted by Gasteiger charge is 2.14. The zero-order valence-corrected chi connectivity index (χ0v) is 12.4. The van der Waals surface area contributed by atoms with E-state index in [0.29, 0.717) is 11.7 Å². The molecule has 1 atom stereocenters. The second kappa shape index (κ2) is 5.95. The number of carbonyl (C=O) groups excluding carboxylic acids is 1. The van der Waals surface area contributed by atoms with Crippen molar-refractivity contribution in [3.63, 3.8) is 0 Å². The Kier molecular flexibility index (Phi) is 4.28. The van der Waals surface area contributed by atoms with E-state index >= 15 is 0 Å². The summed E-state index contributed by atoms with van der Waals surface area (Å²) < 4.78 is 5.32. The van der Waals surface area contributed by atoms with Crippen LogP contribution in [-0.2, 0) is 0 Å². The van der Waals surface area contributed by atoms with Crippen LogP contribution in [0.5, 0.6) is 0 Å². The molecule has 3 nitrogen and oxygen atoms in total. The van der Waals surface area contributed by atoms with Crippen LogP contribution in [0.2, 0.25) is 0 Å². The van der Waals surface area contributed by atoms with Gasteiger partial charge < -0.3 is 9.73 Å². The van der Waals surface area contributed by atoms with E-state index in [2.05, 4.69) is 43.4 Å². The Hall–Kier alpha value is -2.03. The maximum absolute atomic E-state index is 12.0. The SMILES string of the molecule is Cc1ccc(C(=O)N[C@@H](C)c2ccc(C(C)C)cc2)o1. The van der Waals surface area contributed by atoms with Gasteiger partial charge in [0.1, 0.15) is 5.76 Å². The maximum atomic E-state index is 12.0. The molecule has 0 unspecified atom stereocenters. The molecule has 1 aromatic heterocycles. The van der Waals surface area contributed by atoms with E-state index in [1.54, 1.807) is 12.1 Å². The van der Waals surface area contributed by atoms with Gasteiger partial charge in [0.15, 0.2) is 5.76 Å². The molecule has 0 saturated carbocycles. The third-order valence-corrected chi connectivity index (χ3v) is 3.41. The van der Waals surface area contributed by atoms with Crippen molar-refractivity contribution < 1.29 is 9.21 Å². The summed E-state index contributed by atoms with van der Waals surface area (Å²) in [5.74, 6) is 1.43. The minimum absolute atomic E-state index is 0.0471. The largest absolute Gasteiger partial charge is 0.456 e. The number of hydrogen-bond acceptors (Lipinski definition) is 2. The fourth-order valence-electron chi connectivity index (χ4n) is 2.08. The zero-order chi connectivity index (χ0) is 14.7. The number of benzene rings is 1. The Bertz CT molecular complexity index is 581. The molecule has 0 aliphatic rings. The molecule has 0 saturated heterocycles. The van der Waals surface area contributed by atoms with Gasteiger partial charge in [0, 0.05) is 0 Å². The van der Waals surface area contributed by atoms with Gasteiger partial charge in [-0.05, 0) is 43.0 Å². The predicted molar refractivity (Wildman–Crippen MR) is 79.9 cm³/mol. The van der Waals surface area contributed by atoms with Gasteiger partial charge in [-0.15, -0.1) is 0 Å². The Labute approximate surface area is 120 Å². The van der Waals surface area contributed by atoms with Crippen LogP contribution in [0.15, 0.2) is 40.8 Å². The molecule has 1 heterocycles. The van der Waals surface area contributed by atoms with Crippen LogP contribution < -0.4 is 5.32 Å². The third kappa shape index (κ3) is 3.29. The molecule has 0 fully saturated rings. The highest BCUT2D eigenvalue weighted by atomic mass is 16.3. The lowest BCUT2D eigenvalue weighted by Gasteiger charge is -2.14. The molecule has 1 aromatic carbocycles. The second-order valence-electron chi connectivity index (χ2n) is 5.43. The van der Waals surface area contributed by atoms with Crippen molar-refractivity contribution >= 4 is 5.91 Å². The van der Waals surface area contributed by atoms with Gasteiger partial charge in [-0.25, -0.2) is 0 Å². The minimum atomic E-state index is -0.182. The average molecular weight is 271 g/mol. The van der Waals surface area contributed by atoms with Crippen LogP contribution in [0, 0.1) is 6.92 Å². The number of carbonyl (C=O) groups is 1. The lowest BCUT2D eigenvalue weighted by atomic mass is 9.99. The van der Waals surface area contributed by atoms with Crippen LogP contribution in [0.25, 0.3) is 0 Å². The Morgan fingerprint density at radius 3 is 2.10 bits per heavy atom. The molecule has 20 heavy (non-hydrogen) atoms. The summed E-state index contributed by atoms with van der Waals surface area (Å²) in [4.78, 5) is 12.0. The summed E-state index contributed by atoms with van der Waals surface area (Å²) in [7, 11) is 0. The fourth-order valence-corrected chi connectivity index (χ4v) is 2.08. The number of furan rings is 1. The van der Waals surface area contributed by atoms with Gasteiger partial charge in [0.05, 0.1) is 6.04 Å². The first-order chi connectivity index (χ1) is 9.47. The van der Waals surface area contributed by atoms with E-state index in [1.165, 1.54) is 5.56 Å². The van der Waals surface area contributed by atoms with E-state index in [1.807, 2.05) is 13.8 Å². The van der Waals surface area contributed by atoms with Crippen molar-refractivity contribution in [2.24, 2.45) is 0 Å². The van der Waals surface area contributed by atoms with Gasteiger partial charge in [-0.2, -0.15) is 0 Å². The number of aryl methyl sites for hydroxylation is 1. The highest BCUT2D eigenvalue weighted by Crippen LogP contribution is 2.19. The standard InChI is InChI=1S/C17H21NO2/c1-11(2)14-6-8-15(9-7-14)13(4)18-17(19)16-10-5-12(3)20-16/h5-11,13H,1-4H3,(H,18,19)/t13-/m0/s1. The summed E-state index contributed by atoms with van der Waals surface area (Å²) >= 11 is 0. The van der Waals surface area contributed by atoms with E-state index in [0.717, 1.165) is 11.3 Å². The maximum Gasteiger partial charge on any atom is 0.287 e. The normalized spacial score (nSPS) is 12.4. The molecule has 2 rings (SSSR count). The lowest BCUT2D eigenvalue weighted by molar-refractivity contribution is 0.0910. The highest BCUT2D eigenvalue weighted by molar-refractivity contribution is 5.91. The lowest BCUT2D eigenvalue weighted by Crippen LogP contribution is -2.26. The molecule has 1 N–H and O–H groups in total. The van der Waals surface area contributed by atoms with Crippen molar-refractivity contribution in [1.82, 2.24) is 5.32 Å². The predicted octanol–water partition coefficient (Wildman–Crippen LogP) is 4.20. The summed E-state index contributed by atoms with van der Waals surface area (Å²) in [6.45, 7) is 8.13. The van der Waals surface area contributed by atoms with Crippen molar-refractivity contribution in [2.75, 3.05) is 0 Å². The summed E-state index contributed by atoms with van der Waals surface area (Å²) in [5.41, 5.74) is 2.39. The molecular weight excluding hydrogens is 250 g/mol. The van der Waals surface area contributed by atoms with Crippen molar-refractivity contribution in [1.29, 1.82) is 0 Å². The Morgan fingerprint density at radius 2 is 1.60 bits per heavy atom. The van der Waals surface area contributed by atoms with Crippen LogP contribution in [0.1, 0.15) is 60.2 Å². The van der Waals surface area contributed by atoms with Gasteiger partial charge in [-0.1, -0.05) is 38.1 Å². The summed E-state index contributed by atoms with van der Waals surface area (Å²) in [6.07, 6.45) is 0. The van der Waals surface area contributed by atoms with Gasteiger partial charge in [-0.3, -0.25) is 4.79 Å².